The highest BCUT2D eigenvalue weighted by molar-refractivity contribution is 9.10. The zero-order chi connectivity index (χ0) is 17.5. The van der Waals surface area contributed by atoms with Crippen LogP contribution in [0.3, 0.4) is 0 Å². The maximum Gasteiger partial charge on any atom is 0.280 e. The third-order valence-corrected chi connectivity index (χ3v) is 3.77. The summed E-state index contributed by atoms with van der Waals surface area (Å²) in [6.45, 7) is 1.68. The fourth-order valence-electron chi connectivity index (χ4n) is 1.92. The molecule has 0 fully saturated rings. The second kappa shape index (κ2) is 8.49. The van der Waals surface area contributed by atoms with Gasteiger partial charge in [-0.1, -0.05) is 34.1 Å². The van der Waals surface area contributed by atoms with Crippen LogP contribution in [0.4, 0.5) is 5.69 Å². The molecule has 0 radical (unpaired) electrons. The lowest BCUT2D eigenvalue weighted by Crippen LogP contribution is -2.33. The molecule has 2 aromatic rings. The summed E-state index contributed by atoms with van der Waals surface area (Å²) in [6.07, 6.45) is 0.955. The molecule has 5 nitrogen and oxygen atoms in total. The number of hydrogen-bond donors (Lipinski definition) is 1. The Hall–Kier alpha value is -2.34. The van der Waals surface area contributed by atoms with Crippen molar-refractivity contribution in [1.82, 2.24) is 5.43 Å². The van der Waals surface area contributed by atoms with Crippen molar-refractivity contribution < 1.29 is 9.53 Å². The van der Waals surface area contributed by atoms with Gasteiger partial charge in [0.15, 0.2) is 6.10 Å². The number of carbonyl (C=O) groups is 1. The predicted molar refractivity (Wildman–Crippen MR) is 101 cm³/mol. The topological polar surface area (TPSA) is 53.9 Å². The molecule has 0 saturated carbocycles. The Morgan fingerprint density at radius 3 is 2.58 bits per heavy atom. The van der Waals surface area contributed by atoms with Gasteiger partial charge in [-0.2, -0.15) is 5.10 Å². The van der Waals surface area contributed by atoms with E-state index in [4.69, 9.17) is 4.74 Å². The largest absolute Gasteiger partial charge is 0.481 e. The molecule has 1 atom stereocenters. The molecule has 0 spiro atoms. The molecule has 0 aliphatic heterocycles. The van der Waals surface area contributed by atoms with Gasteiger partial charge in [0, 0.05) is 24.3 Å². The molecule has 2 aromatic carbocycles. The first-order valence-corrected chi connectivity index (χ1v) is 8.27. The highest BCUT2D eigenvalue weighted by Gasteiger charge is 2.13. The fraction of sp³-hybridized carbons (Fsp3) is 0.222. The summed E-state index contributed by atoms with van der Waals surface area (Å²) in [6, 6.07) is 15.2. The van der Waals surface area contributed by atoms with Gasteiger partial charge in [-0.25, -0.2) is 5.43 Å². The van der Waals surface area contributed by atoms with Gasteiger partial charge in [-0.15, -0.1) is 0 Å². The Morgan fingerprint density at radius 2 is 1.96 bits per heavy atom. The third-order valence-electron chi connectivity index (χ3n) is 3.28. The van der Waals surface area contributed by atoms with E-state index in [0.717, 1.165) is 15.7 Å². The number of carbonyl (C=O) groups excluding carboxylic acids is 1. The molecule has 1 amide bonds. The minimum Gasteiger partial charge on any atom is -0.481 e. The highest BCUT2D eigenvalue weighted by atomic mass is 79.9. The van der Waals surface area contributed by atoms with Gasteiger partial charge in [-0.3, -0.25) is 4.79 Å². The molecule has 2 rings (SSSR count). The van der Waals surface area contributed by atoms with E-state index < -0.39 is 6.10 Å². The Bertz CT molecular complexity index is 714. The second-order valence-corrected chi connectivity index (χ2v) is 6.35. The molecule has 0 bridgehead atoms. The summed E-state index contributed by atoms with van der Waals surface area (Å²) < 4.78 is 6.48. The van der Waals surface area contributed by atoms with Crippen LogP contribution in [0.5, 0.6) is 5.75 Å². The van der Waals surface area contributed by atoms with Crippen LogP contribution in [0, 0.1) is 0 Å². The van der Waals surface area contributed by atoms with Crippen molar-refractivity contribution in [2.45, 2.75) is 13.0 Å². The van der Waals surface area contributed by atoms with Crippen LogP contribution in [0.15, 0.2) is 58.1 Å². The van der Waals surface area contributed by atoms with Crippen molar-refractivity contribution >= 4 is 33.7 Å². The molecule has 1 N–H and O–H groups in total. The number of hydrazone groups is 1. The number of halogens is 1. The molecule has 0 aromatic heterocycles. The SMILES string of the molecule is C[C@@H](Oc1cccc(Br)c1)C(=O)N/N=C\c1ccc(N(C)C)cc1. The summed E-state index contributed by atoms with van der Waals surface area (Å²) in [4.78, 5) is 14.0. The standard InChI is InChI=1S/C18H20BrN3O2/c1-13(24-17-6-4-5-15(19)11-17)18(23)21-20-12-14-7-9-16(10-8-14)22(2)3/h4-13H,1-3H3,(H,21,23)/b20-12-/t13-/m1/s1. The molecule has 126 valence electrons. The summed E-state index contributed by atoms with van der Waals surface area (Å²) in [7, 11) is 3.96. The zero-order valence-electron chi connectivity index (χ0n) is 13.9. The van der Waals surface area contributed by atoms with E-state index in [1.54, 1.807) is 25.3 Å². The molecular formula is C18H20BrN3O2. The maximum absolute atomic E-state index is 12.0. The lowest BCUT2D eigenvalue weighted by atomic mass is 10.2. The Labute approximate surface area is 150 Å². The quantitative estimate of drug-likeness (QED) is 0.608. The van der Waals surface area contributed by atoms with E-state index in [1.165, 1.54) is 0 Å². The van der Waals surface area contributed by atoms with E-state index in [2.05, 4.69) is 26.5 Å². The van der Waals surface area contributed by atoms with Gasteiger partial charge in [0.25, 0.3) is 5.91 Å². The fourth-order valence-corrected chi connectivity index (χ4v) is 2.30. The van der Waals surface area contributed by atoms with Gasteiger partial charge in [0.2, 0.25) is 0 Å². The minimum absolute atomic E-state index is 0.309. The van der Waals surface area contributed by atoms with Gasteiger partial charge in [0.1, 0.15) is 5.75 Å². The molecule has 0 saturated heterocycles. The van der Waals surface area contributed by atoms with Gasteiger partial charge in [-0.05, 0) is 42.8 Å². The Kier molecular flexibility index (Phi) is 6.37. The molecule has 24 heavy (non-hydrogen) atoms. The highest BCUT2D eigenvalue weighted by Crippen LogP contribution is 2.18. The van der Waals surface area contributed by atoms with Crippen LogP contribution < -0.4 is 15.1 Å². The third kappa shape index (κ3) is 5.38. The predicted octanol–water partition coefficient (Wildman–Crippen LogP) is 3.43. The number of anilines is 1. The van der Waals surface area contributed by atoms with Crippen LogP contribution in [0.25, 0.3) is 0 Å². The Morgan fingerprint density at radius 1 is 1.25 bits per heavy atom. The smallest absolute Gasteiger partial charge is 0.280 e. The molecule has 6 heteroatoms. The number of nitrogens with one attached hydrogen (secondary N) is 1. The monoisotopic (exact) mass is 389 g/mol. The van der Waals surface area contributed by atoms with Crippen molar-refractivity contribution in [3.8, 4) is 5.75 Å². The van der Waals surface area contributed by atoms with Crippen LogP contribution >= 0.6 is 15.9 Å². The van der Waals surface area contributed by atoms with Crippen LogP contribution in [-0.2, 0) is 4.79 Å². The van der Waals surface area contributed by atoms with Gasteiger partial charge in [0.05, 0.1) is 6.21 Å². The van der Waals surface area contributed by atoms with Crippen LogP contribution in [0.2, 0.25) is 0 Å². The van der Waals surface area contributed by atoms with Crippen molar-refractivity contribution in [3.63, 3.8) is 0 Å². The zero-order valence-corrected chi connectivity index (χ0v) is 15.4. The van der Waals surface area contributed by atoms with Crippen LogP contribution in [-0.4, -0.2) is 32.3 Å². The number of rotatable bonds is 6. The summed E-state index contributed by atoms with van der Waals surface area (Å²) in [5, 5.41) is 3.97. The van der Waals surface area contributed by atoms with E-state index in [1.807, 2.05) is 55.4 Å². The Balaban J connectivity index is 1.87. The van der Waals surface area contributed by atoms with E-state index in [9.17, 15) is 4.79 Å². The first kappa shape index (κ1) is 18.0. The molecule has 0 heterocycles. The second-order valence-electron chi connectivity index (χ2n) is 5.44. The van der Waals surface area contributed by atoms with E-state index in [0.29, 0.717) is 5.75 Å². The van der Waals surface area contributed by atoms with Gasteiger partial charge < -0.3 is 9.64 Å². The average Bonchev–Trinajstić information content (AvgIpc) is 2.55. The number of nitrogens with zero attached hydrogens (tertiary/aromatic N) is 2. The normalized spacial score (nSPS) is 12.0. The number of amides is 1. The molecular weight excluding hydrogens is 370 g/mol. The maximum atomic E-state index is 12.0. The van der Waals surface area contributed by atoms with E-state index >= 15 is 0 Å². The van der Waals surface area contributed by atoms with Crippen molar-refractivity contribution in [3.05, 3.63) is 58.6 Å². The first-order chi connectivity index (χ1) is 11.5. The molecule has 0 aliphatic carbocycles. The number of ether oxygens (including phenoxy) is 1. The molecule has 0 aliphatic rings. The summed E-state index contributed by atoms with van der Waals surface area (Å²) in [5.41, 5.74) is 4.49. The van der Waals surface area contributed by atoms with Crippen molar-refractivity contribution in [2.24, 2.45) is 5.10 Å². The first-order valence-electron chi connectivity index (χ1n) is 7.48. The van der Waals surface area contributed by atoms with E-state index in [-0.39, 0.29) is 5.91 Å². The molecule has 0 unspecified atom stereocenters. The number of hydrogen-bond acceptors (Lipinski definition) is 4. The summed E-state index contributed by atoms with van der Waals surface area (Å²) in [5.74, 6) is 0.311. The van der Waals surface area contributed by atoms with Crippen LogP contribution in [0.1, 0.15) is 12.5 Å². The lowest BCUT2D eigenvalue weighted by Gasteiger charge is -2.13. The lowest BCUT2D eigenvalue weighted by molar-refractivity contribution is -0.127. The number of benzene rings is 2. The minimum atomic E-state index is -0.646. The van der Waals surface area contributed by atoms with Crippen molar-refractivity contribution in [2.75, 3.05) is 19.0 Å². The van der Waals surface area contributed by atoms with Gasteiger partial charge >= 0.3 is 0 Å². The van der Waals surface area contributed by atoms with Crippen molar-refractivity contribution in [1.29, 1.82) is 0 Å². The average molecular weight is 390 g/mol. The summed E-state index contributed by atoms with van der Waals surface area (Å²) >= 11 is 3.36.